The first kappa shape index (κ1) is 24.3. The van der Waals surface area contributed by atoms with Gasteiger partial charge in [0.15, 0.2) is 15.7 Å². The van der Waals surface area contributed by atoms with Crippen molar-refractivity contribution in [3.05, 3.63) is 48.3 Å². The van der Waals surface area contributed by atoms with E-state index in [0.717, 1.165) is 6.42 Å². The van der Waals surface area contributed by atoms with Gasteiger partial charge in [-0.25, -0.2) is 27.2 Å². The summed E-state index contributed by atoms with van der Waals surface area (Å²) in [5, 5.41) is 2.30. The Morgan fingerprint density at radius 2 is 1.79 bits per heavy atom. The molecule has 0 saturated heterocycles. The van der Waals surface area contributed by atoms with E-state index in [4.69, 9.17) is 4.74 Å². The summed E-state index contributed by atoms with van der Waals surface area (Å²) in [5.41, 5.74) is 0.635. The number of allylic oxidation sites excluding steroid dienone is 1. The summed E-state index contributed by atoms with van der Waals surface area (Å²) >= 11 is 0. The molecule has 7 nitrogen and oxygen atoms in total. The Morgan fingerprint density at radius 1 is 1.12 bits per heavy atom. The number of alkyl halides is 2. The standard InChI is InChI=1S/C24H27F2N3O4S/c1-2-9-33-23-14-27-22(13-28-23)29-24(30)19(10-15-11-20(25)21(26)12-15)16-3-5-17(6-4-16)34(31,32)18-7-8-18/h3-6,10,13-15,18,20-21H,2,7-9,11-12H2,1H3,(H,27,29,30)/b19-10+. The van der Waals surface area contributed by atoms with Gasteiger partial charge in [0.2, 0.25) is 5.88 Å². The molecule has 1 N–H and O–H groups in total. The number of nitrogens with zero attached hydrogens (tertiary/aromatic N) is 2. The molecule has 0 bridgehead atoms. The molecule has 10 heteroatoms. The van der Waals surface area contributed by atoms with E-state index in [0.29, 0.717) is 30.9 Å². The zero-order chi connectivity index (χ0) is 24.3. The van der Waals surface area contributed by atoms with E-state index in [1.54, 1.807) is 18.2 Å². The van der Waals surface area contributed by atoms with Crippen LogP contribution in [-0.4, -0.2) is 48.5 Å². The number of ether oxygens (including phenoxy) is 1. The van der Waals surface area contributed by atoms with Gasteiger partial charge in [0.25, 0.3) is 5.91 Å². The van der Waals surface area contributed by atoms with E-state index in [1.807, 2.05) is 6.92 Å². The summed E-state index contributed by atoms with van der Waals surface area (Å²) in [6.07, 6.45) is 3.24. The Bertz CT molecular complexity index is 1140. The molecule has 1 aromatic heterocycles. The molecule has 2 aliphatic rings. The van der Waals surface area contributed by atoms with Gasteiger partial charge in [0.1, 0.15) is 12.3 Å². The van der Waals surface area contributed by atoms with Gasteiger partial charge in [-0.1, -0.05) is 25.1 Å². The van der Waals surface area contributed by atoms with Crippen molar-refractivity contribution in [2.45, 2.75) is 61.5 Å². The highest BCUT2D eigenvalue weighted by Crippen LogP contribution is 2.36. The van der Waals surface area contributed by atoms with Crippen LogP contribution in [0.4, 0.5) is 14.6 Å². The Labute approximate surface area is 197 Å². The second-order valence-electron chi connectivity index (χ2n) is 8.66. The number of carbonyl (C=O) groups is 1. The van der Waals surface area contributed by atoms with Crippen LogP contribution in [0.1, 0.15) is 44.6 Å². The minimum atomic E-state index is -3.37. The molecule has 2 aliphatic carbocycles. The predicted molar refractivity (Wildman–Crippen MR) is 124 cm³/mol. The van der Waals surface area contributed by atoms with Crippen molar-refractivity contribution in [3.63, 3.8) is 0 Å². The number of rotatable bonds is 9. The maximum atomic E-state index is 13.8. The molecule has 0 radical (unpaired) electrons. The maximum Gasteiger partial charge on any atom is 0.257 e. The van der Waals surface area contributed by atoms with Crippen LogP contribution in [-0.2, 0) is 14.6 Å². The van der Waals surface area contributed by atoms with Crippen LogP contribution in [0, 0.1) is 5.92 Å². The highest BCUT2D eigenvalue weighted by Gasteiger charge is 2.37. The van der Waals surface area contributed by atoms with Crippen molar-refractivity contribution in [3.8, 4) is 5.88 Å². The molecule has 4 rings (SSSR count). The second kappa shape index (κ2) is 10.2. The first-order valence-electron chi connectivity index (χ1n) is 11.4. The Hall–Kier alpha value is -2.88. The molecule has 1 amide bonds. The van der Waals surface area contributed by atoms with Gasteiger partial charge in [-0.15, -0.1) is 0 Å². The summed E-state index contributed by atoms with van der Waals surface area (Å²) < 4.78 is 57.9. The number of benzene rings is 1. The number of aromatic nitrogens is 2. The van der Waals surface area contributed by atoms with Crippen LogP contribution >= 0.6 is 0 Å². The van der Waals surface area contributed by atoms with Crippen LogP contribution in [0.5, 0.6) is 5.88 Å². The molecule has 2 unspecified atom stereocenters. The number of amides is 1. The van der Waals surface area contributed by atoms with Gasteiger partial charge in [-0.3, -0.25) is 4.79 Å². The van der Waals surface area contributed by atoms with Crippen molar-refractivity contribution < 1.29 is 26.7 Å². The zero-order valence-corrected chi connectivity index (χ0v) is 19.6. The van der Waals surface area contributed by atoms with E-state index in [9.17, 15) is 22.0 Å². The Kier molecular flexibility index (Phi) is 7.25. The van der Waals surface area contributed by atoms with Crippen molar-refractivity contribution >= 4 is 27.1 Å². The number of sulfone groups is 1. The zero-order valence-electron chi connectivity index (χ0n) is 18.8. The number of anilines is 1. The first-order chi connectivity index (χ1) is 16.3. The monoisotopic (exact) mass is 491 g/mol. The van der Waals surface area contributed by atoms with Gasteiger partial charge in [-0.2, -0.15) is 0 Å². The average molecular weight is 492 g/mol. The minimum absolute atomic E-state index is 0.0185. The SMILES string of the molecule is CCCOc1cnc(NC(=O)/C(=C/C2CC(F)C(F)C2)c2ccc(S(=O)(=O)C3CC3)cc2)cn1. The maximum absolute atomic E-state index is 13.8. The molecule has 2 aromatic rings. The quantitative estimate of drug-likeness (QED) is 0.525. The van der Waals surface area contributed by atoms with Crippen molar-refractivity contribution in [1.29, 1.82) is 0 Å². The number of hydrogen-bond donors (Lipinski definition) is 1. The third kappa shape index (κ3) is 5.60. The highest BCUT2D eigenvalue weighted by molar-refractivity contribution is 7.92. The van der Waals surface area contributed by atoms with Crippen LogP contribution < -0.4 is 10.1 Å². The largest absolute Gasteiger partial charge is 0.477 e. The molecule has 2 atom stereocenters. The number of nitrogens with one attached hydrogen (secondary N) is 1. The molecule has 0 aliphatic heterocycles. The Balaban J connectivity index is 1.57. The average Bonchev–Trinajstić information content (AvgIpc) is 3.63. The molecule has 2 saturated carbocycles. The molecule has 0 spiro atoms. The minimum Gasteiger partial charge on any atom is -0.477 e. The molecular weight excluding hydrogens is 464 g/mol. The van der Waals surface area contributed by atoms with Gasteiger partial charge in [0.05, 0.1) is 29.1 Å². The summed E-state index contributed by atoms with van der Waals surface area (Å²) in [6, 6.07) is 6.02. The molecule has 34 heavy (non-hydrogen) atoms. The molecule has 182 valence electrons. The summed E-state index contributed by atoms with van der Waals surface area (Å²) in [4.78, 5) is 21.6. The van der Waals surface area contributed by atoms with Crippen LogP contribution in [0.15, 0.2) is 47.6 Å². The van der Waals surface area contributed by atoms with Gasteiger partial charge in [-0.05, 0) is 55.7 Å². The topological polar surface area (TPSA) is 98.2 Å². The summed E-state index contributed by atoms with van der Waals surface area (Å²) in [7, 11) is -3.37. The fourth-order valence-corrected chi connectivity index (χ4v) is 5.54. The van der Waals surface area contributed by atoms with Crippen LogP contribution in [0.2, 0.25) is 0 Å². The van der Waals surface area contributed by atoms with Gasteiger partial charge >= 0.3 is 0 Å². The fourth-order valence-electron chi connectivity index (χ4n) is 3.89. The summed E-state index contributed by atoms with van der Waals surface area (Å²) in [6.45, 7) is 2.45. The molecule has 2 fully saturated rings. The predicted octanol–water partition coefficient (Wildman–Crippen LogP) is 4.31. The Morgan fingerprint density at radius 3 is 2.35 bits per heavy atom. The highest BCUT2D eigenvalue weighted by atomic mass is 32.2. The molecule has 1 aromatic carbocycles. The van der Waals surface area contributed by atoms with Crippen molar-refractivity contribution in [2.24, 2.45) is 5.92 Å². The first-order valence-corrected chi connectivity index (χ1v) is 12.9. The van der Waals surface area contributed by atoms with E-state index >= 15 is 0 Å². The number of halogens is 2. The van der Waals surface area contributed by atoms with Gasteiger partial charge in [0, 0.05) is 5.57 Å². The normalized spacial score (nSPS) is 23.0. The number of hydrogen-bond acceptors (Lipinski definition) is 6. The number of carbonyl (C=O) groups excluding carboxylic acids is 1. The third-order valence-electron chi connectivity index (χ3n) is 5.88. The van der Waals surface area contributed by atoms with Gasteiger partial charge < -0.3 is 10.1 Å². The lowest BCUT2D eigenvalue weighted by Crippen LogP contribution is -2.16. The van der Waals surface area contributed by atoms with E-state index in [-0.39, 0.29) is 34.4 Å². The second-order valence-corrected chi connectivity index (χ2v) is 10.9. The van der Waals surface area contributed by atoms with E-state index in [1.165, 1.54) is 24.5 Å². The van der Waals surface area contributed by atoms with Crippen molar-refractivity contribution in [1.82, 2.24) is 9.97 Å². The lowest BCUT2D eigenvalue weighted by Gasteiger charge is -2.13. The smallest absolute Gasteiger partial charge is 0.257 e. The van der Waals surface area contributed by atoms with Crippen LogP contribution in [0.3, 0.4) is 0 Å². The third-order valence-corrected chi connectivity index (χ3v) is 8.15. The fraction of sp³-hybridized carbons (Fsp3) is 0.458. The molecular formula is C24H27F2N3O4S. The molecule has 1 heterocycles. The van der Waals surface area contributed by atoms with Crippen LogP contribution in [0.25, 0.3) is 5.57 Å². The lowest BCUT2D eigenvalue weighted by molar-refractivity contribution is -0.111. The van der Waals surface area contributed by atoms with E-state index in [2.05, 4.69) is 15.3 Å². The summed E-state index contributed by atoms with van der Waals surface area (Å²) in [5.74, 6) is -0.480. The lowest BCUT2D eigenvalue weighted by atomic mass is 9.98. The van der Waals surface area contributed by atoms with Crippen molar-refractivity contribution in [2.75, 3.05) is 11.9 Å². The van der Waals surface area contributed by atoms with E-state index < -0.39 is 34.0 Å².